The van der Waals surface area contributed by atoms with Crippen LogP contribution in [0.4, 0.5) is 0 Å². The van der Waals surface area contributed by atoms with E-state index in [0.29, 0.717) is 50.1 Å². The zero-order chi connectivity index (χ0) is 14.4. The molecule has 1 aliphatic heterocycles. The number of hydrogen-bond donors (Lipinski definition) is 1. The number of rotatable bonds is 7. The molecule has 0 aromatic carbocycles. The van der Waals surface area contributed by atoms with Gasteiger partial charge in [-0.3, -0.25) is 4.79 Å². The van der Waals surface area contributed by atoms with Gasteiger partial charge in [0.2, 0.25) is 11.7 Å². The van der Waals surface area contributed by atoms with Crippen molar-refractivity contribution in [2.75, 3.05) is 25.6 Å². The van der Waals surface area contributed by atoms with E-state index in [-0.39, 0.29) is 5.75 Å². The first-order valence-electron chi connectivity index (χ1n) is 6.50. The van der Waals surface area contributed by atoms with Gasteiger partial charge >= 0.3 is 5.97 Å². The fourth-order valence-corrected chi connectivity index (χ4v) is 2.70. The van der Waals surface area contributed by atoms with Gasteiger partial charge in [-0.2, -0.15) is 4.98 Å². The van der Waals surface area contributed by atoms with E-state index in [1.807, 2.05) is 6.92 Å². The first-order valence-corrected chi connectivity index (χ1v) is 7.66. The van der Waals surface area contributed by atoms with E-state index in [1.165, 1.54) is 11.8 Å². The zero-order valence-electron chi connectivity index (χ0n) is 11.3. The third-order valence-electron chi connectivity index (χ3n) is 3.05. The molecule has 8 heteroatoms. The number of ether oxygens (including phenoxy) is 2. The molecule has 1 fully saturated rings. The summed E-state index contributed by atoms with van der Waals surface area (Å²) in [6.45, 7) is 3.72. The molecule has 0 saturated carbocycles. The van der Waals surface area contributed by atoms with Crippen molar-refractivity contribution in [2.24, 2.45) is 0 Å². The number of carbonyl (C=O) groups is 1. The van der Waals surface area contributed by atoms with E-state index < -0.39 is 11.6 Å². The molecule has 0 aliphatic carbocycles. The maximum Gasteiger partial charge on any atom is 0.313 e. The Kier molecular flexibility index (Phi) is 5.38. The second-order valence-corrected chi connectivity index (χ2v) is 5.42. The van der Waals surface area contributed by atoms with Crippen LogP contribution in [-0.4, -0.2) is 46.8 Å². The lowest BCUT2D eigenvalue weighted by Crippen LogP contribution is -2.37. The Morgan fingerprint density at radius 3 is 2.90 bits per heavy atom. The van der Waals surface area contributed by atoms with E-state index in [0.717, 1.165) is 0 Å². The summed E-state index contributed by atoms with van der Waals surface area (Å²) >= 11 is 1.23. The van der Waals surface area contributed by atoms with Crippen LogP contribution < -0.4 is 0 Å². The van der Waals surface area contributed by atoms with Crippen molar-refractivity contribution in [3.8, 4) is 0 Å². The van der Waals surface area contributed by atoms with Gasteiger partial charge in [0.05, 0.1) is 11.5 Å². The minimum atomic E-state index is -0.857. The normalized spacial score (nSPS) is 18.1. The highest BCUT2D eigenvalue weighted by molar-refractivity contribution is 7.99. The molecule has 1 aromatic rings. The van der Waals surface area contributed by atoms with Crippen LogP contribution in [0, 0.1) is 0 Å². The summed E-state index contributed by atoms with van der Waals surface area (Å²) in [6, 6.07) is 0. The highest BCUT2D eigenvalue weighted by Crippen LogP contribution is 2.34. The predicted molar refractivity (Wildman–Crippen MR) is 71.5 cm³/mol. The summed E-state index contributed by atoms with van der Waals surface area (Å²) < 4.78 is 16.4. The molecule has 1 N–H and O–H groups in total. The van der Waals surface area contributed by atoms with Crippen LogP contribution in [0.25, 0.3) is 0 Å². The van der Waals surface area contributed by atoms with Crippen LogP contribution in [0.15, 0.2) is 4.52 Å². The molecular formula is C12H18N2O5S. The van der Waals surface area contributed by atoms with Gasteiger partial charge in [-0.1, -0.05) is 5.16 Å². The predicted octanol–water partition coefficient (Wildman–Crippen LogP) is 1.43. The van der Waals surface area contributed by atoms with Gasteiger partial charge in [-0.15, -0.1) is 11.8 Å². The molecule has 0 radical (unpaired) electrons. The Bertz CT molecular complexity index is 439. The van der Waals surface area contributed by atoms with Crippen molar-refractivity contribution in [3.05, 3.63) is 11.7 Å². The quantitative estimate of drug-likeness (QED) is 0.808. The minimum absolute atomic E-state index is 0.0160. The first-order chi connectivity index (χ1) is 9.66. The average molecular weight is 302 g/mol. The standard InChI is InChI=1S/C12H18N2O5S/c1-2-18-12(3-5-17-6-4-12)11-13-9(19-14-11)7-20-8-10(15)16/h2-8H2,1H3,(H,15,16). The Morgan fingerprint density at radius 1 is 1.50 bits per heavy atom. The Morgan fingerprint density at radius 2 is 2.25 bits per heavy atom. The number of carboxylic acids is 1. The lowest BCUT2D eigenvalue weighted by Gasteiger charge is -2.33. The van der Waals surface area contributed by atoms with Gasteiger partial charge in [-0.25, -0.2) is 0 Å². The molecule has 0 spiro atoms. The van der Waals surface area contributed by atoms with Crippen molar-refractivity contribution >= 4 is 17.7 Å². The van der Waals surface area contributed by atoms with Crippen molar-refractivity contribution < 1.29 is 23.9 Å². The summed E-state index contributed by atoms with van der Waals surface area (Å²) in [6.07, 6.45) is 1.39. The Hall–Kier alpha value is -1.12. The van der Waals surface area contributed by atoms with E-state index in [9.17, 15) is 4.79 Å². The summed E-state index contributed by atoms with van der Waals surface area (Å²) in [7, 11) is 0. The minimum Gasteiger partial charge on any atom is -0.481 e. The van der Waals surface area contributed by atoms with Crippen molar-refractivity contribution in [1.82, 2.24) is 10.1 Å². The van der Waals surface area contributed by atoms with Gasteiger partial charge in [0.15, 0.2) is 0 Å². The van der Waals surface area contributed by atoms with Crippen LogP contribution in [0.5, 0.6) is 0 Å². The summed E-state index contributed by atoms with van der Waals surface area (Å²) in [5, 5.41) is 12.6. The summed E-state index contributed by atoms with van der Waals surface area (Å²) in [5.74, 6) is 0.510. The molecular weight excluding hydrogens is 284 g/mol. The fraction of sp³-hybridized carbons (Fsp3) is 0.750. The van der Waals surface area contributed by atoms with Crippen LogP contribution in [0.1, 0.15) is 31.5 Å². The second-order valence-electron chi connectivity index (χ2n) is 4.44. The van der Waals surface area contributed by atoms with Gasteiger partial charge in [0.1, 0.15) is 5.60 Å². The number of carboxylic acid groups (broad SMARTS) is 1. The number of aliphatic carboxylic acids is 1. The largest absolute Gasteiger partial charge is 0.481 e. The average Bonchev–Trinajstić information content (AvgIpc) is 2.89. The molecule has 0 bridgehead atoms. The zero-order valence-corrected chi connectivity index (χ0v) is 12.1. The van der Waals surface area contributed by atoms with Gasteiger partial charge in [-0.05, 0) is 6.92 Å². The molecule has 0 amide bonds. The van der Waals surface area contributed by atoms with Crippen molar-refractivity contribution in [3.63, 3.8) is 0 Å². The summed E-state index contributed by atoms with van der Waals surface area (Å²) in [4.78, 5) is 14.8. The fourth-order valence-electron chi connectivity index (χ4n) is 2.13. The molecule has 1 aliphatic rings. The third kappa shape index (κ3) is 3.71. The molecule has 2 rings (SSSR count). The lowest BCUT2D eigenvalue weighted by atomic mass is 9.93. The van der Waals surface area contributed by atoms with E-state index in [2.05, 4.69) is 10.1 Å². The molecule has 1 saturated heterocycles. The van der Waals surface area contributed by atoms with Gasteiger partial charge < -0.3 is 19.1 Å². The second kappa shape index (κ2) is 7.05. The smallest absolute Gasteiger partial charge is 0.313 e. The Labute approximate surface area is 121 Å². The van der Waals surface area contributed by atoms with Crippen molar-refractivity contribution in [1.29, 1.82) is 0 Å². The van der Waals surface area contributed by atoms with Crippen LogP contribution >= 0.6 is 11.8 Å². The third-order valence-corrected chi connectivity index (χ3v) is 3.95. The molecule has 1 aromatic heterocycles. The lowest BCUT2D eigenvalue weighted by molar-refractivity contribution is -0.133. The number of aromatic nitrogens is 2. The molecule has 0 unspecified atom stereocenters. The van der Waals surface area contributed by atoms with E-state index in [1.54, 1.807) is 0 Å². The number of hydrogen-bond acceptors (Lipinski definition) is 7. The highest BCUT2D eigenvalue weighted by Gasteiger charge is 2.39. The van der Waals surface area contributed by atoms with Crippen LogP contribution in [-0.2, 0) is 25.6 Å². The first kappa shape index (κ1) is 15.3. The number of nitrogens with zero attached hydrogens (tertiary/aromatic N) is 2. The highest BCUT2D eigenvalue weighted by atomic mass is 32.2. The van der Waals surface area contributed by atoms with Crippen LogP contribution in [0.2, 0.25) is 0 Å². The van der Waals surface area contributed by atoms with Gasteiger partial charge in [0.25, 0.3) is 0 Å². The maximum absolute atomic E-state index is 10.5. The van der Waals surface area contributed by atoms with Gasteiger partial charge in [0, 0.05) is 32.7 Å². The van der Waals surface area contributed by atoms with Crippen LogP contribution in [0.3, 0.4) is 0 Å². The molecule has 0 atom stereocenters. The monoisotopic (exact) mass is 302 g/mol. The summed E-state index contributed by atoms with van der Waals surface area (Å²) in [5.41, 5.74) is -0.536. The Balaban J connectivity index is 2.02. The van der Waals surface area contributed by atoms with E-state index in [4.69, 9.17) is 19.1 Å². The topological polar surface area (TPSA) is 94.7 Å². The van der Waals surface area contributed by atoms with E-state index >= 15 is 0 Å². The van der Waals surface area contributed by atoms with Crippen molar-refractivity contribution in [2.45, 2.75) is 31.1 Å². The maximum atomic E-state index is 10.5. The molecule has 20 heavy (non-hydrogen) atoms. The molecule has 7 nitrogen and oxygen atoms in total. The molecule has 2 heterocycles. The SMILES string of the molecule is CCOC1(c2noc(CSCC(=O)O)n2)CCOCC1. The molecule has 112 valence electrons. The number of thioether (sulfide) groups is 1.